The monoisotopic (exact) mass is 269 g/mol. The van der Waals surface area contributed by atoms with Gasteiger partial charge in [0.2, 0.25) is 0 Å². The number of carbonyl (C=O) groups excluding carboxylic acids is 1. The van der Waals surface area contributed by atoms with E-state index in [9.17, 15) is 9.18 Å². The van der Waals surface area contributed by atoms with Gasteiger partial charge < -0.3 is 5.32 Å². The molecule has 5 heteroatoms. The van der Waals surface area contributed by atoms with E-state index in [1.165, 1.54) is 24.3 Å². The zero-order valence-corrected chi connectivity index (χ0v) is 10.8. The molecule has 0 aliphatic carbocycles. The minimum absolute atomic E-state index is 0.312. The van der Waals surface area contributed by atoms with Crippen LogP contribution in [-0.4, -0.2) is 15.7 Å². The molecule has 2 aromatic carbocycles. The van der Waals surface area contributed by atoms with E-state index in [-0.39, 0.29) is 11.7 Å². The number of nitrogens with zero attached hydrogens (tertiary/aromatic N) is 2. The maximum absolute atomic E-state index is 12.8. The molecule has 0 aliphatic rings. The molecular weight excluding hydrogens is 257 g/mol. The van der Waals surface area contributed by atoms with Crippen LogP contribution < -0.4 is 5.32 Å². The number of hydrogen-bond acceptors (Lipinski definition) is 2. The van der Waals surface area contributed by atoms with Crippen LogP contribution in [0, 0.1) is 5.82 Å². The zero-order chi connectivity index (χ0) is 14.1. The zero-order valence-electron chi connectivity index (χ0n) is 10.8. The summed E-state index contributed by atoms with van der Waals surface area (Å²) in [5.74, 6) is -0.653. The number of halogens is 1. The van der Waals surface area contributed by atoms with Gasteiger partial charge in [-0.05, 0) is 30.3 Å². The van der Waals surface area contributed by atoms with Crippen LogP contribution in [-0.2, 0) is 7.05 Å². The number of aromatic nitrogens is 2. The highest BCUT2D eigenvalue weighted by molar-refractivity contribution is 6.11. The second-order valence-corrected chi connectivity index (χ2v) is 4.45. The van der Waals surface area contributed by atoms with Crippen molar-refractivity contribution in [2.45, 2.75) is 0 Å². The highest BCUT2D eigenvalue weighted by Crippen LogP contribution is 2.19. The molecular formula is C15H12FN3O. The van der Waals surface area contributed by atoms with Crippen LogP contribution >= 0.6 is 0 Å². The number of nitrogens with one attached hydrogen (secondary N) is 1. The van der Waals surface area contributed by atoms with Gasteiger partial charge in [-0.1, -0.05) is 18.2 Å². The topological polar surface area (TPSA) is 46.9 Å². The second-order valence-electron chi connectivity index (χ2n) is 4.45. The van der Waals surface area contributed by atoms with E-state index in [1.807, 2.05) is 24.3 Å². The lowest BCUT2D eigenvalue weighted by molar-refractivity contribution is 0.102. The van der Waals surface area contributed by atoms with Crippen LogP contribution in [0.2, 0.25) is 0 Å². The van der Waals surface area contributed by atoms with Crippen molar-refractivity contribution < 1.29 is 9.18 Å². The quantitative estimate of drug-likeness (QED) is 0.777. The van der Waals surface area contributed by atoms with E-state index in [4.69, 9.17) is 0 Å². The van der Waals surface area contributed by atoms with Gasteiger partial charge in [-0.2, -0.15) is 5.10 Å². The summed E-state index contributed by atoms with van der Waals surface area (Å²) in [4.78, 5) is 12.2. The number of benzene rings is 2. The third kappa shape index (κ3) is 2.14. The Labute approximate surface area is 114 Å². The van der Waals surface area contributed by atoms with Gasteiger partial charge in [0.05, 0.1) is 5.52 Å². The molecule has 4 nitrogen and oxygen atoms in total. The Morgan fingerprint density at radius 2 is 1.85 bits per heavy atom. The fourth-order valence-electron chi connectivity index (χ4n) is 2.11. The molecule has 100 valence electrons. The summed E-state index contributed by atoms with van der Waals surface area (Å²) in [6.45, 7) is 0. The molecule has 1 N–H and O–H groups in total. The van der Waals surface area contributed by atoms with Crippen molar-refractivity contribution >= 4 is 22.5 Å². The van der Waals surface area contributed by atoms with Crippen LogP contribution in [0.1, 0.15) is 10.5 Å². The third-order valence-electron chi connectivity index (χ3n) is 3.07. The Bertz CT molecular complexity index is 777. The van der Waals surface area contributed by atoms with Crippen LogP contribution in [0.15, 0.2) is 48.5 Å². The highest BCUT2D eigenvalue weighted by atomic mass is 19.1. The Morgan fingerprint density at radius 1 is 1.15 bits per heavy atom. The van der Waals surface area contributed by atoms with Crippen LogP contribution in [0.3, 0.4) is 0 Å². The average Bonchev–Trinajstić information content (AvgIpc) is 2.79. The molecule has 1 aromatic heterocycles. The highest BCUT2D eigenvalue weighted by Gasteiger charge is 2.15. The predicted octanol–water partition coefficient (Wildman–Crippen LogP) is 2.96. The molecule has 3 rings (SSSR count). The second kappa shape index (κ2) is 4.77. The van der Waals surface area contributed by atoms with E-state index >= 15 is 0 Å². The maximum atomic E-state index is 12.8. The summed E-state index contributed by atoms with van der Waals surface area (Å²) >= 11 is 0. The first-order chi connectivity index (χ1) is 9.65. The van der Waals surface area contributed by atoms with Crippen LogP contribution in [0.4, 0.5) is 10.1 Å². The lowest BCUT2D eigenvalue weighted by Gasteiger charge is -2.03. The fraction of sp³-hybridized carbons (Fsp3) is 0.0667. The Hall–Kier alpha value is -2.69. The first kappa shape index (κ1) is 12.3. The number of amides is 1. The number of fused-ring (bicyclic) bond motifs is 1. The van der Waals surface area contributed by atoms with E-state index in [2.05, 4.69) is 10.4 Å². The molecule has 0 bridgehead atoms. The van der Waals surface area contributed by atoms with Gasteiger partial charge in [-0.25, -0.2) is 4.39 Å². The van der Waals surface area contributed by atoms with Crippen molar-refractivity contribution in [3.8, 4) is 0 Å². The van der Waals surface area contributed by atoms with Crippen molar-refractivity contribution in [3.63, 3.8) is 0 Å². The van der Waals surface area contributed by atoms with Crippen molar-refractivity contribution in [1.82, 2.24) is 9.78 Å². The third-order valence-corrected chi connectivity index (χ3v) is 3.07. The van der Waals surface area contributed by atoms with E-state index < -0.39 is 0 Å². The number of aryl methyl sites for hydroxylation is 1. The normalized spacial score (nSPS) is 10.7. The summed E-state index contributed by atoms with van der Waals surface area (Å²) in [5, 5.41) is 7.73. The Balaban J connectivity index is 1.95. The Kier molecular flexibility index (Phi) is 2.95. The molecule has 0 radical (unpaired) electrons. The Morgan fingerprint density at radius 3 is 2.60 bits per heavy atom. The minimum Gasteiger partial charge on any atom is -0.321 e. The summed E-state index contributed by atoms with van der Waals surface area (Å²) < 4.78 is 14.5. The molecule has 3 aromatic rings. The van der Waals surface area contributed by atoms with Gasteiger partial charge in [0.25, 0.3) is 5.91 Å². The molecule has 1 amide bonds. The largest absolute Gasteiger partial charge is 0.321 e. The number of carbonyl (C=O) groups is 1. The lowest BCUT2D eigenvalue weighted by Crippen LogP contribution is -2.13. The van der Waals surface area contributed by atoms with E-state index in [0.29, 0.717) is 11.4 Å². The number of para-hydroxylation sites is 1. The first-order valence-electron chi connectivity index (χ1n) is 6.14. The van der Waals surface area contributed by atoms with E-state index in [0.717, 1.165) is 10.9 Å². The molecule has 0 fully saturated rings. The van der Waals surface area contributed by atoms with Crippen LogP contribution in [0.5, 0.6) is 0 Å². The van der Waals surface area contributed by atoms with Crippen LogP contribution in [0.25, 0.3) is 10.9 Å². The SMILES string of the molecule is Cn1nc(C(=O)Nc2ccc(F)cc2)c2ccccc21. The predicted molar refractivity (Wildman–Crippen MR) is 75.1 cm³/mol. The first-order valence-corrected chi connectivity index (χ1v) is 6.14. The van der Waals surface area contributed by atoms with Gasteiger partial charge in [0.1, 0.15) is 5.82 Å². The molecule has 0 aliphatic heterocycles. The van der Waals surface area contributed by atoms with Gasteiger partial charge in [0, 0.05) is 18.1 Å². The van der Waals surface area contributed by atoms with E-state index in [1.54, 1.807) is 11.7 Å². The molecule has 1 heterocycles. The maximum Gasteiger partial charge on any atom is 0.276 e. The number of anilines is 1. The number of rotatable bonds is 2. The summed E-state index contributed by atoms with van der Waals surface area (Å²) in [5.41, 5.74) is 1.77. The van der Waals surface area contributed by atoms with Gasteiger partial charge in [-0.3, -0.25) is 9.48 Å². The smallest absolute Gasteiger partial charge is 0.276 e. The standard InChI is InChI=1S/C15H12FN3O/c1-19-13-5-3-2-4-12(13)14(18-19)15(20)17-11-8-6-10(16)7-9-11/h2-9H,1H3,(H,17,20). The molecule has 20 heavy (non-hydrogen) atoms. The summed E-state index contributed by atoms with van der Waals surface area (Å²) in [7, 11) is 1.79. The molecule has 0 saturated carbocycles. The van der Waals surface area contributed by atoms with Gasteiger partial charge in [-0.15, -0.1) is 0 Å². The number of hydrogen-bond donors (Lipinski definition) is 1. The lowest BCUT2D eigenvalue weighted by atomic mass is 10.2. The molecule has 0 atom stereocenters. The fourth-order valence-corrected chi connectivity index (χ4v) is 2.11. The summed E-state index contributed by atoms with van der Waals surface area (Å²) in [6, 6.07) is 13.1. The minimum atomic E-state index is -0.341. The van der Waals surface area contributed by atoms with Gasteiger partial charge >= 0.3 is 0 Å². The van der Waals surface area contributed by atoms with Crippen molar-refractivity contribution in [1.29, 1.82) is 0 Å². The van der Waals surface area contributed by atoms with Crippen molar-refractivity contribution in [2.75, 3.05) is 5.32 Å². The summed E-state index contributed by atoms with van der Waals surface area (Å²) in [6.07, 6.45) is 0. The average molecular weight is 269 g/mol. The molecule has 0 saturated heterocycles. The van der Waals surface area contributed by atoms with Crippen molar-refractivity contribution in [3.05, 3.63) is 60.0 Å². The van der Waals surface area contributed by atoms with Gasteiger partial charge in [0.15, 0.2) is 5.69 Å². The molecule has 0 unspecified atom stereocenters. The molecule has 0 spiro atoms. The van der Waals surface area contributed by atoms with Crippen molar-refractivity contribution in [2.24, 2.45) is 7.05 Å².